The third kappa shape index (κ3) is 5.83. The summed E-state index contributed by atoms with van der Waals surface area (Å²) in [5.74, 6) is 1.09. The van der Waals surface area contributed by atoms with Crippen molar-refractivity contribution in [1.82, 2.24) is 15.1 Å². The fraction of sp³-hybridized carbons (Fsp3) is 0.481. The lowest BCUT2D eigenvalue weighted by Gasteiger charge is -2.31. The summed E-state index contributed by atoms with van der Waals surface area (Å²) in [5, 5.41) is 8.47. The maximum absolute atomic E-state index is 13.4. The molecular formula is C27H34FN3O3. The molecule has 6 nitrogen and oxygen atoms in total. The normalized spacial score (nSPS) is 16.1. The molecule has 4 rings (SSSR count). The Balaban J connectivity index is 1.15. The molecule has 0 radical (unpaired) electrons. The molecule has 0 saturated carbocycles. The molecule has 1 atom stereocenters. The average Bonchev–Trinajstić information content (AvgIpc) is 3.28. The molecule has 0 bridgehead atoms. The van der Waals surface area contributed by atoms with E-state index in [1.807, 2.05) is 37.3 Å². The molecule has 3 aromatic rings. The number of nitrogens with one attached hydrogen (secondary N) is 1. The molecule has 1 unspecified atom stereocenters. The predicted molar refractivity (Wildman–Crippen MR) is 131 cm³/mol. The van der Waals surface area contributed by atoms with E-state index in [0.29, 0.717) is 24.5 Å². The molecule has 2 aromatic carbocycles. The molecule has 182 valence electrons. The van der Waals surface area contributed by atoms with Crippen LogP contribution >= 0.6 is 0 Å². The minimum Gasteiger partial charge on any atom is -0.494 e. The number of hydrogen-bond acceptors (Lipinski definition) is 5. The van der Waals surface area contributed by atoms with Crippen LogP contribution in [0, 0.1) is 5.82 Å². The maximum atomic E-state index is 13.4. The van der Waals surface area contributed by atoms with Gasteiger partial charge in [-0.15, -0.1) is 0 Å². The summed E-state index contributed by atoms with van der Waals surface area (Å²) in [6.07, 6.45) is 4.20. The first-order chi connectivity index (χ1) is 16.6. The van der Waals surface area contributed by atoms with Crippen LogP contribution in [0.3, 0.4) is 0 Å². The standard InChI is InChI=1S/C27H34FN3O3/c1-3-25(32)27(33-2)20-6-9-22(10-7-20)34-17-5-4-14-31-15-12-19(13-16-31)26-23-11-8-21(28)18-24(23)29-30-26/h6-11,18-19,27H,3-5,12-17H2,1-2H3,(H,29,30). The molecule has 1 fully saturated rings. The number of methoxy groups -OCH3 is 1. The third-order valence-corrected chi connectivity index (χ3v) is 6.74. The fourth-order valence-corrected chi connectivity index (χ4v) is 4.77. The van der Waals surface area contributed by atoms with Gasteiger partial charge in [0.2, 0.25) is 0 Å². The van der Waals surface area contributed by atoms with Gasteiger partial charge in [-0.1, -0.05) is 19.1 Å². The minimum absolute atomic E-state index is 0.0773. The number of aromatic amines is 1. The number of Topliss-reactive ketones (excluding diaryl/α,β-unsaturated/α-hetero) is 1. The highest BCUT2D eigenvalue weighted by Gasteiger charge is 2.23. The van der Waals surface area contributed by atoms with Crippen molar-refractivity contribution in [3.05, 3.63) is 59.5 Å². The van der Waals surface area contributed by atoms with Crippen LogP contribution in [0.2, 0.25) is 0 Å². The first-order valence-corrected chi connectivity index (χ1v) is 12.2. The number of fused-ring (bicyclic) bond motifs is 1. The molecule has 1 aliphatic rings. The van der Waals surface area contributed by atoms with E-state index in [2.05, 4.69) is 15.1 Å². The van der Waals surface area contributed by atoms with Gasteiger partial charge in [0.25, 0.3) is 0 Å². The maximum Gasteiger partial charge on any atom is 0.165 e. The lowest BCUT2D eigenvalue weighted by atomic mass is 9.91. The van der Waals surface area contributed by atoms with E-state index < -0.39 is 6.10 Å². The monoisotopic (exact) mass is 467 g/mol. The fourth-order valence-electron chi connectivity index (χ4n) is 4.77. The van der Waals surface area contributed by atoms with E-state index in [0.717, 1.165) is 67.7 Å². The second-order valence-corrected chi connectivity index (χ2v) is 8.97. The van der Waals surface area contributed by atoms with Crippen molar-refractivity contribution in [2.24, 2.45) is 0 Å². The van der Waals surface area contributed by atoms with Crippen LogP contribution in [-0.4, -0.2) is 54.2 Å². The van der Waals surface area contributed by atoms with E-state index in [-0.39, 0.29) is 11.6 Å². The molecular weight excluding hydrogens is 433 g/mol. The summed E-state index contributed by atoms with van der Waals surface area (Å²) in [4.78, 5) is 14.5. The lowest BCUT2D eigenvalue weighted by Crippen LogP contribution is -2.34. The third-order valence-electron chi connectivity index (χ3n) is 6.74. The summed E-state index contributed by atoms with van der Waals surface area (Å²) in [6.45, 7) is 5.71. The van der Waals surface area contributed by atoms with Gasteiger partial charge >= 0.3 is 0 Å². The Labute approximate surface area is 200 Å². The van der Waals surface area contributed by atoms with Gasteiger partial charge in [-0.25, -0.2) is 4.39 Å². The SMILES string of the molecule is CCC(=O)C(OC)c1ccc(OCCCCN2CCC(c3[nH]nc4cc(F)ccc34)CC2)cc1. The highest BCUT2D eigenvalue weighted by Crippen LogP contribution is 2.31. The number of hydrogen-bond donors (Lipinski definition) is 1. The van der Waals surface area contributed by atoms with Crippen LogP contribution in [-0.2, 0) is 9.53 Å². The smallest absolute Gasteiger partial charge is 0.165 e. The Hall–Kier alpha value is -2.77. The first kappa shape index (κ1) is 24.4. The Morgan fingerprint density at radius 3 is 2.65 bits per heavy atom. The Kier molecular flexibility index (Phi) is 8.29. The number of nitrogens with zero attached hydrogens (tertiary/aromatic N) is 2. The van der Waals surface area contributed by atoms with Gasteiger partial charge in [0.15, 0.2) is 5.78 Å². The van der Waals surface area contributed by atoms with Gasteiger partial charge in [-0.2, -0.15) is 5.10 Å². The van der Waals surface area contributed by atoms with Crippen molar-refractivity contribution >= 4 is 16.7 Å². The number of ketones is 1. The van der Waals surface area contributed by atoms with Crippen molar-refractivity contribution < 1.29 is 18.7 Å². The second kappa shape index (κ2) is 11.6. The van der Waals surface area contributed by atoms with Gasteiger partial charge in [-0.05, 0) is 75.1 Å². The van der Waals surface area contributed by atoms with Crippen molar-refractivity contribution in [3.8, 4) is 5.75 Å². The van der Waals surface area contributed by atoms with Gasteiger partial charge in [0.1, 0.15) is 17.7 Å². The number of carbonyl (C=O) groups excluding carboxylic acids is 1. The van der Waals surface area contributed by atoms with Crippen LogP contribution in [0.15, 0.2) is 42.5 Å². The molecule has 2 heterocycles. The summed E-state index contributed by atoms with van der Waals surface area (Å²) in [5.41, 5.74) is 2.71. The Morgan fingerprint density at radius 1 is 1.18 bits per heavy atom. The first-order valence-electron chi connectivity index (χ1n) is 12.2. The molecule has 1 aliphatic heterocycles. The number of benzene rings is 2. The molecule has 0 amide bonds. The second-order valence-electron chi connectivity index (χ2n) is 8.97. The average molecular weight is 468 g/mol. The van der Waals surface area contributed by atoms with Crippen LogP contribution in [0.25, 0.3) is 10.9 Å². The van der Waals surface area contributed by atoms with Gasteiger partial charge in [-0.3, -0.25) is 9.89 Å². The number of H-pyrrole nitrogens is 1. The minimum atomic E-state index is -0.502. The summed E-state index contributed by atoms with van der Waals surface area (Å²) in [7, 11) is 1.56. The lowest BCUT2D eigenvalue weighted by molar-refractivity contribution is -0.128. The van der Waals surface area contributed by atoms with Crippen LogP contribution in [0.4, 0.5) is 4.39 Å². The number of halogens is 1. The van der Waals surface area contributed by atoms with Gasteiger partial charge in [0.05, 0.1) is 12.1 Å². The summed E-state index contributed by atoms with van der Waals surface area (Å²) < 4.78 is 24.6. The zero-order chi connectivity index (χ0) is 23.9. The Morgan fingerprint density at radius 2 is 1.94 bits per heavy atom. The van der Waals surface area contributed by atoms with Crippen molar-refractivity contribution in [2.75, 3.05) is 33.4 Å². The van der Waals surface area contributed by atoms with E-state index in [9.17, 15) is 9.18 Å². The molecule has 1 saturated heterocycles. The van der Waals surface area contributed by atoms with Crippen LogP contribution in [0.5, 0.6) is 5.75 Å². The molecule has 1 aromatic heterocycles. The number of carbonyl (C=O) groups is 1. The highest BCUT2D eigenvalue weighted by molar-refractivity contribution is 5.84. The summed E-state index contributed by atoms with van der Waals surface area (Å²) >= 11 is 0. The van der Waals surface area contributed by atoms with E-state index in [1.165, 1.54) is 12.1 Å². The van der Waals surface area contributed by atoms with Gasteiger partial charge in [0, 0.05) is 36.6 Å². The zero-order valence-corrected chi connectivity index (χ0v) is 20.1. The van der Waals surface area contributed by atoms with Crippen molar-refractivity contribution in [2.45, 2.75) is 51.0 Å². The number of rotatable bonds is 11. The molecule has 0 aliphatic carbocycles. The molecule has 1 N–H and O–H groups in total. The van der Waals surface area contributed by atoms with Crippen molar-refractivity contribution in [3.63, 3.8) is 0 Å². The number of ether oxygens (including phenoxy) is 2. The van der Waals surface area contributed by atoms with Gasteiger partial charge < -0.3 is 14.4 Å². The molecule has 34 heavy (non-hydrogen) atoms. The van der Waals surface area contributed by atoms with Crippen LogP contribution in [0.1, 0.15) is 62.3 Å². The predicted octanol–water partition coefficient (Wildman–Crippen LogP) is 5.41. The van der Waals surface area contributed by atoms with Crippen molar-refractivity contribution in [1.29, 1.82) is 0 Å². The largest absolute Gasteiger partial charge is 0.494 e. The highest BCUT2D eigenvalue weighted by atomic mass is 19.1. The Bertz CT molecular complexity index is 1070. The zero-order valence-electron chi connectivity index (χ0n) is 20.1. The number of unbranched alkanes of at least 4 members (excludes halogenated alkanes) is 1. The number of aromatic nitrogens is 2. The topological polar surface area (TPSA) is 67.5 Å². The molecule has 0 spiro atoms. The van der Waals surface area contributed by atoms with E-state index >= 15 is 0 Å². The summed E-state index contributed by atoms with van der Waals surface area (Å²) in [6, 6.07) is 12.5. The number of piperidine rings is 1. The van der Waals surface area contributed by atoms with E-state index in [4.69, 9.17) is 9.47 Å². The van der Waals surface area contributed by atoms with E-state index in [1.54, 1.807) is 7.11 Å². The number of likely N-dealkylation sites (tertiary alicyclic amines) is 1. The van der Waals surface area contributed by atoms with Crippen LogP contribution < -0.4 is 4.74 Å². The molecule has 7 heteroatoms. The quantitative estimate of drug-likeness (QED) is 0.382.